The molecule has 0 amide bonds. The minimum Gasteiger partial charge on any atom is -0.550 e. The lowest BCUT2D eigenvalue weighted by Gasteiger charge is -2.11. The SMILES string of the molecule is CC(=O)CCCC[C@@H]1CCSS1.CC(=O)CCCC[C@@H]1CCSS1.CC(=O)Cc1ccccc1Cc1c(Cl)cccc1Cl.CC(=O)Cc1ccccc1Cc1c(Cl)cccc1Cl.COc1ccc2cc([C@H](C)C(C)=O)ccc2c1.COc1ccc2cc([C@H](C)C(C)=O)ccc2c1.Nc1c(CC(=O)O)cccc1C(=O)c1ccc(Br)cc1.Nc1c(CC(=O)[O-])cccc1C(=O)c1ccc(Br)cc1. The fraction of sp³-hybridized carbons (Fsp3) is 0.291. The maximum atomic E-state index is 12.4. The van der Waals surface area contributed by atoms with Crippen LogP contribution in [0, 0.1) is 0 Å². The number of methoxy groups -OCH3 is 2. The van der Waals surface area contributed by atoms with E-state index < -0.39 is 11.9 Å². The van der Waals surface area contributed by atoms with Crippen molar-refractivity contribution in [3.05, 3.63) is 350 Å². The van der Waals surface area contributed by atoms with Crippen molar-refractivity contribution in [3.63, 3.8) is 0 Å². The maximum absolute atomic E-state index is 12.4. The van der Waals surface area contributed by atoms with Crippen molar-refractivity contribution in [3.8, 4) is 11.5 Å². The molecule has 0 unspecified atom stereocenters. The maximum Gasteiger partial charge on any atom is 0.307 e. The molecule has 26 heteroatoms. The van der Waals surface area contributed by atoms with Gasteiger partial charge in [0.1, 0.15) is 46.2 Å². The standard InChI is InChI=1S/2C16H14Cl2O.2C15H12BrNO3.2C15H16O2.2C9H16OS2/c2*1-11(19)9-12-5-2-3-6-13(12)10-14-15(17)7-4-8-16(14)18;2*16-11-6-4-9(5-7-11)15(20)12-3-1-2-10(14(12)17)8-13(18)19;2*1-10(11(2)16)12-4-5-14-9-15(17-3)7-6-13(14)8-12;2*1-8(10)4-2-3-5-9-6-7-11-12-9/h2*2-8H,9-10H2,1H3;2*1-7H,8,17H2,(H,18,19);2*4-10H,1-3H3;2*9H,2-7H2,1H3/p-1/t;;;;2*10-;2*9-/m....1111/s1. The predicted molar refractivity (Wildman–Crippen MR) is 571 cm³/mol. The van der Waals surface area contributed by atoms with E-state index in [0.717, 1.165) is 123 Å². The molecular formula is C110H115Br2Cl4N2O14S4-. The lowest BCUT2D eigenvalue weighted by atomic mass is 9.95. The normalized spacial score (nSPS) is 13.1. The third kappa shape index (κ3) is 38.9. The zero-order valence-corrected chi connectivity index (χ0v) is 87.4. The molecule has 0 aliphatic carbocycles. The lowest BCUT2D eigenvalue weighted by molar-refractivity contribution is -0.304. The van der Waals surface area contributed by atoms with Crippen LogP contribution in [-0.4, -0.2) is 99.5 Å². The van der Waals surface area contributed by atoms with Crippen molar-refractivity contribution in [2.75, 3.05) is 37.2 Å². The smallest absolute Gasteiger partial charge is 0.307 e. The van der Waals surface area contributed by atoms with Crippen LogP contribution in [0.1, 0.15) is 219 Å². The van der Waals surface area contributed by atoms with Crippen LogP contribution < -0.4 is 26.0 Å². The number of rotatable bonds is 32. The first-order valence-electron chi connectivity index (χ1n) is 44.4. The highest BCUT2D eigenvalue weighted by Gasteiger charge is 2.22. The summed E-state index contributed by atoms with van der Waals surface area (Å²) in [5.41, 5.74) is 22.8. The molecule has 136 heavy (non-hydrogen) atoms. The van der Waals surface area contributed by atoms with Gasteiger partial charge in [-0.15, -0.1) is 0 Å². The highest BCUT2D eigenvalue weighted by Crippen LogP contribution is 2.42. The quantitative estimate of drug-likeness (QED) is 0.0153. The fourth-order valence-electron chi connectivity index (χ4n) is 14.3. The molecule has 16 nitrogen and oxygen atoms in total. The molecule has 2 heterocycles. The molecule has 0 radical (unpaired) electrons. The molecule has 12 aromatic carbocycles. The average Bonchev–Trinajstić information content (AvgIpc) is 0.957. The molecule has 14 rings (SSSR count). The Balaban J connectivity index is 0.000000213. The van der Waals surface area contributed by atoms with Gasteiger partial charge in [-0.2, -0.15) is 0 Å². The largest absolute Gasteiger partial charge is 0.550 e. The first kappa shape index (κ1) is 113. The molecule has 12 aromatic rings. The number of hydrogen-bond acceptors (Lipinski definition) is 19. The summed E-state index contributed by atoms with van der Waals surface area (Å²) in [4.78, 5) is 113. The number of hydrogen-bond donors (Lipinski definition) is 3. The Hall–Kier alpha value is -9.82. The molecule has 4 atom stereocenters. The molecule has 2 aliphatic heterocycles. The number of Topliss-reactive ketones (excluding diaryl/α,β-unsaturated/α-hetero) is 6. The van der Waals surface area contributed by atoms with E-state index in [9.17, 15) is 53.1 Å². The predicted octanol–water partition coefficient (Wildman–Crippen LogP) is 27.5. The van der Waals surface area contributed by atoms with Gasteiger partial charge in [-0.25, -0.2) is 0 Å². The van der Waals surface area contributed by atoms with E-state index in [1.807, 2.05) is 203 Å². The van der Waals surface area contributed by atoms with Gasteiger partial charge in [-0.1, -0.05) is 282 Å². The summed E-state index contributed by atoms with van der Waals surface area (Å²) < 4.78 is 12.1. The molecule has 0 aromatic heterocycles. The number of carbonyl (C=O) groups is 10. The van der Waals surface area contributed by atoms with E-state index in [4.69, 9.17) is 72.5 Å². The van der Waals surface area contributed by atoms with E-state index in [1.165, 1.54) is 50.0 Å². The molecule has 2 saturated heterocycles. The number of carboxylic acid groups (broad SMARTS) is 2. The Morgan fingerprint density at radius 2 is 0.735 bits per heavy atom. The Morgan fingerprint density at radius 1 is 0.404 bits per heavy atom. The number of fused-ring (bicyclic) bond motifs is 2. The van der Waals surface area contributed by atoms with Crippen molar-refractivity contribution in [1.82, 2.24) is 0 Å². The molecular weight excluding hydrogens is 2000 g/mol. The van der Waals surface area contributed by atoms with Crippen LogP contribution in [-0.2, 0) is 76.9 Å². The highest BCUT2D eigenvalue weighted by molar-refractivity contribution is 9.10. The first-order chi connectivity index (χ1) is 64.9. The number of benzene rings is 12. The Kier molecular flexibility index (Phi) is 49.5. The Labute approximate surface area is 851 Å². The molecule has 0 spiro atoms. The zero-order valence-electron chi connectivity index (χ0n) is 77.9. The summed E-state index contributed by atoms with van der Waals surface area (Å²) in [6.45, 7) is 13.7. The van der Waals surface area contributed by atoms with Crippen molar-refractivity contribution in [2.24, 2.45) is 0 Å². The number of nitrogen functional groups attached to an aromatic ring is 2. The summed E-state index contributed by atoms with van der Waals surface area (Å²) in [7, 11) is 11.4. The van der Waals surface area contributed by atoms with Crippen molar-refractivity contribution >= 4 is 213 Å². The van der Waals surface area contributed by atoms with Crippen LogP contribution in [0.2, 0.25) is 20.1 Å². The Morgan fingerprint density at radius 3 is 1.05 bits per heavy atom. The number of para-hydroxylation sites is 2. The van der Waals surface area contributed by atoms with Gasteiger partial charge in [0.05, 0.1) is 20.6 Å². The first-order valence-corrected chi connectivity index (χ1v) is 52.3. The van der Waals surface area contributed by atoms with Gasteiger partial charge in [0.25, 0.3) is 0 Å². The minimum atomic E-state index is -1.23. The van der Waals surface area contributed by atoms with Crippen LogP contribution in [0.4, 0.5) is 11.4 Å². The third-order valence-electron chi connectivity index (χ3n) is 22.2. The second-order valence-electron chi connectivity index (χ2n) is 32.8. The van der Waals surface area contributed by atoms with Crippen LogP contribution in [0.25, 0.3) is 21.5 Å². The number of carbonyl (C=O) groups excluding carboxylic acids is 9. The number of ketones is 8. The topological polar surface area (TPSA) is 284 Å². The summed E-state index contributed by atoms with van der Waals surface area (Å²) in [6, 6.07) is 74.3. The van der Waals surface area contributed by atoms with Gasteiger partial charge in [-0.05, 0) is 266 Å². The number of nitrogens with two attached hydrogens (primary N) is 2. The lowest BCUT2D eigenvalue weighted by Crippen LogP contribution is -2.25. The Bertz CT molecular complexity index is 5670. The van der Waals surface area contributed by atoms with Crippen molar-refractivity contribution < 1.29 is 67.6 Å². The van der Waals surface area contributed by atoms with E-state index in [2.05, 4.69) is 44.0 Å². The van der Waals surface area contributed by atoms with Crippen LogP contribution in [0.3, 0.4) is 0 Å². The van der Waals surface area contributed by atoms with Gasteiger partial charge >= 0.3 is 5.97 Å². The van der Waals surface area contributed by atoms with Gasteiger partial charge < -0.3 is 45.5 Å². The molecule has 0 saturated carbocycles. The summed E-state index contributed by atoms with van der Waals surface area (Å²) >= 11 is 31.3. The third-order valence-corrected chi connectivity index (χ3v) is 30.7. The number of carboxylic acids is 2. The van der Waals surface area contributed by atoms with Crippen LogP contribution >= 0.6 is 121 Å². The number of aliphatic carboxylic acids is 2. The van der Waals surface area contributed by atoms with Gasteiger partial charge in [0.2, 0.25) is 0 Å². The molecule has 5 N–H and O–H groups in total. The van der Waals surface area contributed by atoms with Crippen LogP contribution in [0.15, 0.2) is 252 Å². The van der Waals surface area contributed by atoms with E-state index >= 15 is 0 Å². The summed E-state index contributed by atoms with van der Waals surface area (Å²) in [6.07, 6.45) is 13.2. The zero-order chi connectivity index (χ0) is 99.5. The van der Waals surface area contributed by atoms with Crippen molar-refractivity contribution in [2.45, 2.75) is 180 Å². The molecule has 0 bridgehead atoms. The second-order valence-corrected chi connectivity index (χ2v) is 41.8. The minimum absolute atomic E-state index is 0.0403. The molecule has 2 aliphatic rings. The van der Waals surface area contributed by atoms with Crippen molar-refractivity contribution in [1.29, 1.82) is 0 Å². The van der Waals surface area contributed by atoms with E-state index in [1.54, 1.807) is 141 Å². The van der Waals surface area contributed by atoms with Gasteiger partial charge in [0.15, 0.2) is 11.6 Å². The summed E-state index contributed by atoms with van der Waals surface area (Å²) in [5.74, 6) is 2.95. The van der Waals surface area contributed by atoms with E-state index in [-0.39, 0.29) is 70.8 Å². The monoisotopic (exact) mass is 2110 g/mol. The molecule has 716 valence electrons. The highest BCUT2D eigenvalue weighted by atomic mass is 79.9. The molecule has 2 fully saturated rings. The van der Waals surface area contributed by atoms with Gasteiger partial charge in [0, 0.05) is 147 Å². The number of ether oxygens (including phenoxy) is 2. The van der Waals surface area contributed by atoms with Gasteiger partial charge in [-0.3, -0.25) is 33.6 Å². The van der Waals surface area contributed by atoms with Crippen LogP contribution in [0.5, 0.6) is 11.5 Å². The number of anilines is 2. The number of unbranched alkanes of at least 4 members (excludes halogenated alkanes) is 2. The average molecular weight is 2120 g/mol. The fourth-order valence-corrected chi connectivity index (χ4v) is 21.9. The second kappa shape index (κ2) is 59.5. The van der Waals surface area contributed by atoms with E-state index in [0.29, 0.717) is 90.7 Å². The number of halogens is 6. The summed E-state index contributed by atoms with van der Waals surface area (Å²) in [5, 5.41) is 28.4.